The molecule has 0 bridgehead atoms. The fourth-order valence-corrected chi connectivity index (χ4v) is 1.31. The Labute approximate surface area is 87.2 Å². The molecule has 15 heavy (non-hydrogen) atoms. The number of carbonyl (C=O) groups is 1. The van der Waals surface area contributed by atoms with Crippen molar-refractivity contribution in [1.82, 2.24) is 20.6 Å². The van der Waals surface area contributed by atoms with E-state index in [1.165, 1.54) is 6.20 Å². The molecule has 1 aromatic rings. The smallest absolute Gasteiger partial charge is 0.363 e. The minimum atomic E-state index is -0.454. The van der Waals surface area contributed by atoms with Gasteiger partial charge in [-0.1, -0.05) is 0 Å². The van der Waals surface area contributed by atoms with Crippen LogP contribution in [0.2, 0.25) is 0 Å². The normalized spacial score (nSPS) is 17.3. The van der Waals surface area contributed by atoms with E-state index in [0.717, 1.165) is 13.1 Å². The van der Waals surface area contributed by atoms with Crippen molar-refractivity contribution < 1.29 is 9.63 Å². The maximum atomic E-state index is 11.5. The summed E-state index contributed by atoms with van der Waals surface area (Å²) in [6.07, 6.45) is 1.52. The first-order valence-corrected chi connectivity index (χ1v) is 4.82. The number of hydrogen-bond acceptors (Lipinski definition) is 6. The lowest BCUT2D eigenvalue weighted by Crippen LogP contribution is -2.44. The highest BCUT2D eigenvalue weighted by molar-refractivity contribution is 5.86. The summed E-state index contributed by atoms with van der Waals surface area (Å²) in [5.74, 6) is -0.454. The zero-order chi connectivity index (χ0) is 10.5. The minimum absolute atomic E-state index is 0.232. The molecule has 6 heteroatoms. The van der Waals surface area contributed by atoms with Crippen molar-refractivity contribution in [1.29, 1.82) is 0 Å². The molecular formula is C9H12N4O2. The van der Waals surface area contributed by atoms with Gasteiger partial charge in [0.05, 0.1) is 0 Å². The molecule has 0 unspecified atom stereocenters. The van der Waals surface area contributed by atoms with Crippen LogP contribution < -0.4 is 5.32 Å². The van der Waals surface area contributed by atoms with Crippen molar-refractivity contribution in [3.8, 4) is 0 Å². The number of piperazine rings is 1. The van der Waals surface area contributed by atoms with E-state index >= 15 is 0 Å². The van der Waals surface area contributed by atoms with E-state index in [1.54, 1.807) is 17.2 Å². The van der Waals surface area contributed by atoms with Crippen LogP contribution >= 0.6 is 0 Å². The van der Waals surface area contributed by atoms with Crippen molar-refractivity contribution in [2.24, 2.45) is 0 Å². The van der Waals surface area contributed by atoms with Crippen molar-refractivity contribution in [2.45, 2.75) is 0 Å². The third kappa shape index (κ3) is 2.71. The molecule has 0 radical (unpaired) electrons. The maximum Gasteiger partial charge on any atom is 0.377 e. The van der Waals surface area contributed by atoms with Gasteiger partial charge in [-0.3, -0.25) is 0 Å². The molecule has 1 aliphatic heterocycles. The number of nitrogens with one attached hydrogen (secondary N) is 1. The van der Waals surface area contributed by atoms with Gasteiger partial charge in [-0.05, 0) is 12.1 Å². The molecule has 80 valence electrons. The largest absolute Gasteiger partial charge is 0.377 e. The molecule has 2 rings (SSSR count). The zero-order valence-corrected chi connectivity index (χ0v) is 8.22. The van der Waals surface area contributed by atoms with Crippen molar-refractivity contribution in [3.05, 3.63) is 24.0 Å². The lowest BCUT2D eigenvalue weighted by atomic mass is 10.4. The van der Waals surface area contributed by atoms with Crippen molar-refractivity contribution in [3.63, 3.8) is 0 Å². The van der Waals surface area contributed by atoms with Gasteiger partial charge in [0.25, 0.3) is 0 Å². The Bertz CT molecular complexity index is 324. The first-order valence-electron chi connectivity index (χ1n) is 4.82. The molecule has 0 saturated carbocycles. The average molecular weight is 208 g/mol. The molecule has 1 fully saturated rings. The monoisotopic (exact) mass is 208 g/mol. The Balaban J connectivity index is 1.91. The van der Waals surface area contributed by atoms with Gasteiger partial charge >= 0.3 is 5.97 Å². The van der Waals surface area contributed by atoms with E-state index < -0.39 is 5.97 Å². The van der Waals surface area contributed by atoms with Gasteiger partial charge in [0.1, 0.15) is 0 Å². The van der Waals surface area contributed by atoms with Crippen LogP contribution in [0, 0.1) is 0 Å². The number of carbonyl (C=O) groups excluding carboxylic acids is 1. The van der Waals surface area contributed by atoms with Crippen LogP contribution in [0.3, 0.4) is 0 Å². The Morgan fingerprint density at radius 1 is 1.47 bits per heavy atom. The Morgan fingerprint density at radius 3 is 2.93 bits per heavy atom. The van der Waals surface area contributed by atoms with Crippen LogP contribution in [0.5, 0.6) is 0 Å². The first kappa shape index (κ1) is 10.0. The van der Waals surface area contributed by atoms with Gasteiger partial charge in [0.15, 0.2) is 5.69 Å². The maximum absolute atomic E-state index is 11.5. The van der Waals surface area contributed by atoms with Crippen molar-refractivity contribution in [2.75, 3.05) is 26.2 Å². The second-order valence-electron chi connectivity index (χ2n) is 3.17. The topological polar surface area (TPSA) is 67.3 Å². The highest BCUT2D eigenvalue weighted by Crippen LogP contribution is 2.00. The number of nitrogens with zero attached hydrogens (tertiary/aromatic N) is 3. The zero-order valence-electron chi connectivity index (χ0n) is 8.22. The predicted molar refractivity (Wildman–Crippen MR) is 51.9 cm³/mol. The van der Waals surface area contributed by atoms with Crippen molar-refractivity contribution >= 4 is 5.97 Å². The summed E-state index contributed by atoms with van der Waals surface area (Å²) in [5, 5.41) is 12.1. The molecule has 0 atom stereocenters. The van der Waals surface area contributed by atoms with Crippen LogP contribution in [-0.2, 0) is 4.84 Å². The number of rotatable bonds is 2. The molecule has 0 amide bonds. The number of hydrogen-bond donors (Lipinski definition) is 1. The third-order valence-electron chi connectivity index (χ3n) is 2.07. The van der Waals surface area contributed by atoms with Crippen LogP contribution in [-0.4, -0.2) is 47.4 Å². The standard InChI is InChI=1S/C9H12N4O2/c14-9(8-2-1-3-11-12-8)15-13-6-4-10-5-7-13/h1-3,10H,4-7H2. The summed E-state index contributed by atoms with van der Waals surface area (Å²) in [6.45, 7) is 3.06. The fourth-order valence-electron chi connectivity index (χ4n) is 1.31. The summed E-state index contributed by atoms with van der Waals surface area (Å²) < 4.78 is 0. The van der Waals surface area contributed by atoms with Crippen LogP contribution in [0.15, 0.2) is 18.3 Å². The van der Waals surface area contributed by atoms with Crippen LogP contribution in [0.25, 0.3) is 0 Å². The van der Waals surface area contributed by atoms with Gasteiger partial charge in [-0.2, -0.15) is 5.10 Å². The number of hydroxylamine groups is 2. The van der Waals surface area contributed by atoms with E-state index in [9.17, 15) is 4.79 Å². The van der Waals surface area contributed by atoms with E-state index in [0.29, 0.717) is 13.1 Å². The van der Waals surface area contributed by atoms with Gasteiger partial charge in [-0.25, -0.2) is 4.79 Å². The van der Waals surface area contributed by atoms with Gasteiger partial charge < -0.3 is 10.2 Å². The second kappa shape index (κ2) is 4.81. The van der Waals surface area contributed by atoms with E-state index in [1.807, 2.05) is 0 Å². The van der Waals surface area contributed by atoms with Gasteiger partial charge in [0, 0.05) is 32.4 Å². The van der Waals surface area contributed by atoms with E-state index in [4.69, 9.17) is 4.84 Å². The number of aromatic nitrogens is 2. The average Bonchev–Trinajstić information content (AvgIpc) is 2.31. The summed E-state index contributed by atoms with van der Waals surface area (Å²) in [7, 11) is 0. The summed E-state index contributed by atoms with van der Waals surface area (Å²) in [4.78, 5) is 16.7. The summed E-state index contributed by atoms with van der Waals surface area (Å²) in [5.41, 5.74) is 0.232. The highest BCUT2D eigenvalue weighted by atomic mass is 16.7. The lowest BCUT2D eigenvalue weighted by molar-refractivity contribution is -0.115. The SMILES string of the molecule is O=C(ON1CCNCC1)c1cccnn1. The highest BCUT2D eigenvalue weighted by Gasteiger charge is 2.16. The van der Waals surface area contributed by atoms with E-state index in [-0.39, 0.29) is 5.69 Å². The summed E-state index contributed by atoms with van der Waals surface area (Å²) in [6, 6.07) is 3.24. The molecular weight excluding hydrogens is 196 g/mol. The predicted octanol–water partition coefficient (Wildman–Crippen LogP) is -0.546. The van der Waals surface area contributed by atoms with Crippen LogP contribution in [0.1, 0.15) is 10.5 Å². The second-order valence-corrected chi connectivity index (χ2v) is 3.17. The van der Waals surface area contributed by atoms with E-state index in [2.05, 4.69) is 15.5 Å². The molecule has 0 aromatic carbocycles. The Hall–Kier alpha value is -1.53. The summed E-state index contributed by atoms with van der Waals surface area (Å²) >= 11 is 0. The quantitative estimate of drug-likeness (QED) is 0.703. The molecule has 1 aromatic heterocycles. The van der Waals surface area contributed by atoms with Gasteiger partial charge in [0.2, 0.25) is 0 Å². The molecule has 1 N–H and O–H groups in total. The molecule has 2 heterocycles. The molecule has 1 aliphatic rings. The first-order chi connectivity index (χ1) is 7.36. The molecule has 6 nitrogen and oxygen atoms in total. The van der Waals surface area contributed by atoms with Crippen LogP contribution in [0.4, 0.5) is 0 Å². The van der Waals surface area contributed by atoms with Gasteiger partial charge in [-0.15, -0.1) is 10.2 Å². The third-order valence-corrected chi connectivity index (χ3v) is 2.07. The molecule has 0 aliphatic carbocycles. The lowest BCUT2D eigenvalue weighted by Gasteiger charge is -2.25. The Kier molecular flexibility index (Phi) is 3.21. The molecule has 1 saturated heterocycles. The molecule has 0 spiro atoms. The minimum Gasteiger partial charge on any atom is -0.363 e. The fraction of sp³-hybridized carbons (Fsp3) is 0.444. The Morgan fingerprint density at radius 2 is 2.27 bits per heavy atom.